The lowest BCUT2D eigenvalue weighted by Crippen LogP contribution is -2.50. The topological polar surface area (TPSA) is 63.3 Å². The standard InChI is InChI=1S/C33H36BF2N3O3/c1-24(2)32(40)10-4-3-7-21-37-33(41)23-42-30-18-12-25(13-19-30)11-14-27-15-16-28-22-29-17-20-31(26-8-5-6-9-26)39(29)34(35,36)38(27)28/h5-6,8,11-20,22,24H,3-4,7,9-10,21,23H2,1-2H3,(H,37,41)/b14-11+. The minimum atomic E-state index is -4.08. The van der Waals surface area contributed by atoms with E-state index in [1.807, 2.05) is 44.2 Å². The smallest absolute Gasteiger partial charge is 0.484 e. The molecule has 0 saturated heterocycles. The SMILES string of the molecule is CC(C)C(=O)CCCCCNC(=O)COc1ccc(/C=C/c2ccc3n2[B-](F)(F)[N+]2=C(C4=CC=CC4)C=CC2=C3)cc1. The molecule has 3 heterocycles. The van der Waals surface area contributed by atoms with E-state index in [2.05, 4.69) is 5.32 Å². The number of benzene rings is 1. The van der Waals surface area contributed by atoms with Gasteiger partial charge in [0.15, 0.2) is 18.0 Å². The van der Waals surface area contributed by atoms with Crippen molar-refractivity contribution in [1.29, 1.82) is 0 Å². The zero-order chi connectivity index (χ0) is 29.7. The summed E-state index contributed by atoms with van der Waals surface area (Å²) in [6.45, 7) is 0.191. The molecule has 2 aliphatic heterocycles. The van der Waals surface area contributed by atoms with Crippen LogP contribution in [0.25, 0.3) is 18.2 Å². The number of amides is 1. The van der Waals surface area contributed by atoms with Crippen LogP contribution >= 0.6 is 0 Å². The fourth-order valence-corrected chi connectivity index (χ4v) is 5.36. The number of aromatic nitrogens is 1. The molecule has 1 aromatic carbocycles. The Labute approximate surface area is 245 Å². The molecule has 0 spiro atoms. The summed E-state index contributed by atoms with van der Waals surface area (Å²) >= 11 is 0. The second-order valence-corrected chi connectivity index (χ2v) is 11.1. The summed E-state index contributed by atoms with van der Waals surface area (Å²) in [7, 11) is 0. The molecule has 0 radical (unpaired) electrons. The van der Waals surface area contributed by atoms with Crippen LogP contribution in [0.5, 0.6) is 5.75 Å². The fourth-order valence-electron chi connectivity index (χ4n) is 5.36. The summed E-state index contributed by atoms with van der Waals surface area (Å²) in [4.78, 5) is 23.7. The second kappa shape index (κ2) is 12.7. The Morgan fingerprint density at radius 3 is 2.62 bits per heavy atom. The first-order valence-electron chi connectivity index (χ1n) is 14.6. The molecule has 0 atom stereocenters. The number of fused-ring (bicyclic) bond motifs is 2. The van der Waals surface area contributed by atoms with E-state index in [1.54, 1.807) is 54.6 Å². The second-order valence-electron chi connectivity index (χ2n) is 11.1. The molecule has 5 rings (SSSR count). The van der Waals surface area contributed by atoms with Crippen LogP contribution in [0.3, 0.4) is 0 Å². The van der Waals surface area contributed by atoms with Crippen LogP contribution in [-0.4, -0.2) is 46.5 Å². The first kappa shape index (κ1) is 29.2. The van der Waals surface area contributed by atoms with E-state index in [-0.39, 0.29) is 24.2 Å². The first-order chi connectivity index (χ1) is 20.2. The summed E-state index contributed by atoms with van der Waals surface area (Å²) in [5.41, 5.74) is 3.64. The molecular weight excluding hydrogens is 535 g/mol. The van der Waals surface area contributed by atoms with Crippen molar-refractivity contribution in [3.05, 3.63) is 95.0 Å². The van der Waals surface area contributed by atoms with Crippen molar-refractivity contribution >= 4 is 42.6 Å². The van der Waals surface area contributed by atoms with Gasteiger partial charge in [0.1, 0.15) is 11.5 Å². The number of rotatable bonds is 13. The number of unbranched alkanes of at least 4 members (excludes halogenated alkanes) is 2. The Bertz CT molecular complexity index is 1540. The van der Waals surface area contributed by atoms with Crippen LogP contribution in [0.15, 0.2) is 78.0 Å². The molecular formula is C33H36BF2N3O3. The average Bonchev–Trinajstić information content (AvgIpc) is 3.73. The summed E-state index contributed by atoms with van der Waals surface area (Å²) < 4.78 is 39.8. The van der Waals surface area contributed by atoms with Crippen molar-refractivity contribution in [3.63, 3.8) is 0 Å². The van der Waals surface area contributed by atoms with Gasteiger partial charge >= 0.3 is 6.97 Å². The molecule has 9 heteroatoms. The number of carbonyl (C=O) groups excluding carboxylic acids is 2. The summed E-state index contributed by atoms with van der Waals surface area (Å²) in [5.74, 6) is 0.690. The van der Waals surface area contributed by atoms with Crippen LogP contribution in [0.1, 0.15) is 62.9 Å². The number of ketones is 1. The number of halogens is 2. The maximum absolute atomic E-state index is 16.0. The van der Waals surface area contributed by atoms with Gasteiger partial charge in [-0.15, -0.1) is 0 Å². The molecule has 0 unspecified atom stereocenters. The van der Waals surface area contributed by atoms with E-state index in [0.29, 0.717) is 47.9 Å². The normalized spacial score (nSPS) is 16.6. The van der Waals surface area contributed by atoms with Gasteiger partial charge in [0.25, 0.3) is 5.91 Å². The zero-order valence-electron chi connectivity index (χ0n) is 24.1. The van der Waals surface area contributed by atoms with Crippen LogP contribution in [0.4, 0.5) is 8.63 Å². The van der Waals surface area contributed by atoms with Gasteiger partial charge in [-0.2, -0.15) is 0 Å². The van der Waals surface area contributed by atoms with Crippen LogP contribution < -0.4 is 10.1 Å². The van der Waals surface area contributed by atoms with Gasteiger partial charge in [-0.3, -0.25) is 9.59 Å². The highest BCUT2D eigenvalue weighted by molar-refractivity contribution is 6.58. The van der Waals surface area contributed by atoms with E-state index < -0.39 is 6.97 Å². The van der Waals surface area contributed by atoms with Gasteiger partial charge in [-0.05, 0) is 55.2 Å². The molecule has 1 amide bonds. The van der Waals surface area contributed by atoms with Gasteiger partial charge < -0.3 is 27.6 Å². The van der Waals surface area contributed by atoms with E-state index in [1.165, 1.54) is 4.49 Å². The molecule has 0 fully saturated rings. The minimum absolute atomic E-state index is 0.0737. The number of nitrogens with zero attached hydrogens (tertiary/aromatic N) is 2. The van der Waals surface area contributed by atoms with Gasteiger partial charge in [-0.1, -0.05) is 56.7 Å². The summed E-state index contributed by atoms with van der Waals surface area (Å²) in [6, 6.07) is 10.6. The third kappa shape index (κ3) is 6.45. The quantitative estimate of drug-likeness (QED) is 0.223. The molecule has 1 aliphatic carbocycles. The number of hydrogen-bond donors (Lipinski definition) is 1. The first-order valence-corrected chi connectivity index (χ1v) is 14.6. The maximum Gasteiger partial charge on any atom is 0.737 e. The fraction of sp³-hybridized carbons (Fsp3) is 0.303. The number of carbonyl (C=O) groups is 2. The predicted octanol–water partition coefficient (Wildman–Crippen LogP) is 6.43. The molecule has 218 valence electrons. The van der Waals surface area contributed by atoms with E-state index in [4.69, 9.17) is 4.74 Å². The van der Waals surface area contributed by atoms with Crippen LogP contribution in [-0.2, 0) is 9.59 Å². The average molecular weight is 571 g/mol. The Morgan fingerprint density at radius 2 is 1.88 bits per heavy atom. The lowest BCUT2D eigenvalue weighted by atomic mass is 9.90. The highest BCUT2D eigenvalue weighted by atomic mass is 19.2. The largest absolute Gasteiger partial charge is 0.737 e. The molecule has 1 N–H and O–H groups in total. The lowest BCUT2D eigenvalue weighted by molar-refractivity contribution is -0.360. The molecule has 6 nitrogen and oxygen atoms in total. The van der Waals surface area contributed by atoms with Gasteiger partial charge in [0.05, 0.1) is 0 Å². The highest BCUT2D eigenvalue weighted by Gasteiger charge is 2.52. The summed E-state index contributed by atoms with van der Waals surface area (Å²) in [5, 5.41) is 2.83. The number of ether oxygens (including phenoxy) is 1. The van der Waals surface area contributed by atoms with E-state index in [0.717, 1.165) is 34.9 Å². The number of nitrogens with one attached hydrogen (secondary N) is 1. The Balaban J connectivity index is 1.14. The van der Waals surface area contributed by atoms with Crippen molar-refractivity contribution in [3.8, 4) is 5.75 Å². The lowest BCUT2D eigenvalue weighted by Gasteiger charge is -2.30. The monoisotopic (exact) mass is 571 g/mol. The zero-order valence-corrected chi connectivity index (χ0v) is 24.1. The van der Waals surface area contributed by atoms with Crippen molar-refractivity contribution in [2.75, 3.05) is 13.2 Å². The summed E-state index contributed by atoms with van der Waals surface area (Å²) in [6.07, 6.45) is 18.3. The third-order valence-corrected chi connectivity index (χ3v) is 7.71. The van der Waals surface area contributed by atoms with Crippen LogP contribution in [0, 0.1) is 5.92 Å². The van der Waals surface area contributed by atoms with Gasteiger partial charge in [-0.25, -0.2) is 0 Å². The third-order valence-electron chi connectivity index (χ3n) is 7.71. The predicted molar refractivity (Wildman–Crippen MR) is 164 cm³/mol. The van der Waals surface area contributed by atoms with Crippen molar-refractivity contribution in [1.82, 2.24) is 9.79 Å². The minimum Gasteiger partial charge on any atom is -0.484 e. The molecule has 42 heavy (non-hydrogen) atoms. The molecule has 1 aromatic heterocycles. The van der Waals surface area contributed by atoms with Gasteiger partial charge in [0.2, 0.25) is 0 Å². The number of hydrogen-bond acceptors (Lipinski definition) is 3. The van der Waals surface area contributed by atoms with Crippen molar-refractivity contribution in [2.45, 2.75) is 46.0 Å². The molecule has 0 saturated carbocycles. The Morgan fingerprint density at radius 1 is 1.07 bits per heavy atom. The highest BCUT2D eigenvalue weighted by Crippen LogP contribution is 2.34. The van der Waals surface area contributed by atoms with Crippen molar-refractivity contribution in [2.24, 2.45) is 5.92 Å². The van der Waals surface area contributed by atoms with Gasteiger partial charge in [0, 0.05) is 54.1 Å². The van der Waals surface area contributed by atoms with Crippen LogP contribution in [0.2, 0.25) is 0 Å². The van der Waals surface area contributed by atoms with E-state index in [9.17, 15) is 9.59 Å². The molecule has 0 bridgehead atoms. The number of Topliss-reactive ketones (excluding diaryl/α,β-unsaturated/α-hetero) is 1. The molecule has 2 aromatic rings. The van der Waals surface area contributed by atoms with E-state index >= 15 is 8.63 Å². The Kier molecular flexibility index (Phi) is 8.85. The molecule has 3 aliphatic rings. The Hall–Kier alpha value is -4.27. The number of allylic oxidation sites excluding steroid dienone is 6. The van der Waals surface area contributed by atoms with Crippen molar-refractivity contribution < 1.29 is 27.4 Å². The maximum atomic E-state index is 16.0.